The van der Waals surface area contributed by atoms with E-state index in [-0.39, 0.29) is 45.0 Å². The van der Waals surface area contributed by atoms with Crippen LogP contribution in [-0.4, -0.2) is 37.1 Å². The Morgan fingerprint density at radius 2 is 0.818 bits per heavy atom. The van der Waals surface area contributed by atoms with Gasteiger partial charge in [0.05, 0.1) is 12.1 Å². The molecule has 0 saturated heterocycles. The number of nitrogens with zero attached hydrogens (tertiary/aromatic N) is 2. The third-order valence-electron chi connectivity index (χ3n) is 8.65. The first-order valence-electron chi connectivity index (χ1n) is 16.4. The van der Waals surface area contributed by atoms with Gasteiger partial charge in [0.25, 0.3) is 0 Å². The van der Waals surface area contributed by atoms with E-state index in [1.165, 1.54) is 103 Å². The monoisotopic (exact) mass is 922 g/mol. The Morgan fingerprint density at radius 3 is 1.00 bits per heavy atom. The van der Waals surface area contributed by atoms with Gasteiger partial charge >= 0.3 is 89.6 Å². The van der Waals surface area contributed by atoms with Crippen molar-refractivity contribution >= 4 is 30.9 Å². The zero-order chi connectivity index (χ0) is 31.4. The average Bonchev–Trinajstić information content (AvgIpc) is 3.85. The smallest absolute Gasteiger partial charge is 2.00 e. The van der Waals surface area contributed by atoms with Crippen LogP contribution < -0.4 is 0 Å². The summed E-state index contributed by atoms with van der Waals surface area (Å²) >= 11 is 4.44. The summed E-state index contributed by atoms with van der Waals surface area (Å²) in [5.41, 5.74) is 0.181. The van der Waals surface area contributed by atoms with Gasteiger partial charge in [-0.3, -0.25) is 0 Å². The maximum atomic E-state index is 5.69. The quantitative estimate of drug-likeness (QED) is 0.205. The van der Waals surface area contributed by atoms with Gasteiger partial charge in [0.15, 0.2) is 11.8 Å². The fourth-order valence-electron chi connectivity index (χ4n) is 6.21. The van der Waals surface area contributed by atoms with E-state index in [0.29, 0.717) is 12.1 Å². The first-order valence-corrected chi connectivity index (χ1v) is 20.4. The largest absolute Gasteiger partial charge is 2.00 e. The van der Waals surface area contributed by atoms with Gasteiger partial charge in [-0.1, -0.05) is 92.9 Å². The Hall–Kier alpha value is 1.88. The van der Waals surface area contributed by atoms with E-state index in [0.717, 1.165) is 36.8 Å². The van der Waals surface area contributed by atoms with Crippen molar-refractivity contribution in [1.29, 1.82) is 0 Å². The molecule has 0 aromatic rings. The van der Waals surface area contributed by atoms with Crippen molar-refractivity contribution in [1.82, 2.24) is 0 Å². The van der Waals surface area contributed by atoms with Crippen LogP contribution >= 0.6 is 19.1 Å². The molecule has 44 heavy (non-hydrogen) atoms. The van der Waals surface area contributed by atoms with Gasteiger partial charge < -0.3 is 22.3 Å². The number of rotatable bonds is 2. The van der Waals surface area contributed by atoms with Crippen LogP contribution in [0.25, 0.3) is 0 Å². The normalized spacial score (nSPS) is 24.3. The summed E-state index contributed by atoms with van der Waals surface area (Å²) in [5, 5.41) is 0. The summed E-state index contributed by atoms with van der Waals surface area (Å²) in [6.07, 6.45) is 27.0. The summed E-state index contributed by atoms with van der Waals surface area (Å²) < 4.78 is 11.4. The van der Waals surface area contributed by atoms with E-state index in [1.54, 1.807) is 0 Å². The van der Waals surface area contributed by atoms with Crippen LogP contribution in [0.5, 0.6) is 0 Å². The molecule has 0 aromatic carbocycles. The van der Waals surface area contributed by atoms with Crippen molar-refractivity contribution in [3.8, 4) is 0 Å². The van der Waals surface area contributed by atoms with Gasteiger partial charge in [0, 0.05) is 10.8 Å². The second-order valence-electron chi connectivity index (χ2n) is 14.4. The molecular formula is C34H60Cl2Fe2N2O2Pd2+4. The van der Waals surface area contributed by atoms with Crippen molar-refractivity contribution in [2.75, 3.05) is 13.2 Å². The Morgan fingerprint density at radius 1 is 0.545 bits per heavy atom. The number of aliphatic imine (C=N–C) groups is 2. The summed E-state index contributed by atoms with van der Waals surface area (Å²) in [7, 11) is 8.98. The van der Waals surface area contributed by atoms with Crippen molar-refractivity contribution in [2.24, 2.45) is 32.7 Å². The average molecular weight is 924 g/mol. The van der Waals surface area contributed by atoms with Crippen LogP contribution in [0.2, 0.25) is 0 Å². The van der Waals surface area contributed by atoms with E-state index in [4.69, 9.17) is 19.5 Å². The van der Waals surface area contributed by atoms with Gasteiger partial charge in [-0.15, -0.1) is 0 Å². The summed E-state index contributed by atoms with van der Waals surface area (Å²) in [6.45, 7) is 14.7. The summed E-state index contributed by atoms with van der Waals surface area (Å²) in [4.78, 5) is 9.47. The van der Waals surface area contributed by atoms with E-state index in [1.807, 2.05) is 0 Å². The summed E-state index contributed by atoms with van der Waals surface area (Å²) in [6, 6.07) is 0.929. The first kappa shape index (κ1) is 48.0. The van der Waals surface area contributed by atoms with Gasteiger partial charge in [0.2, 0.25) is 0 Å². The molecular weight excluding hydrogens is 864 g/mol. The van der Waals surface area contributed by atoms with E-state index >= 15 is 0 Å². The molecule has 0 unspecified atom stereocenters. The topological polar surface area (TPSA) is 43.2 Å². The van der Waals surface area contributed by atoms with Crippen LogP contribution in [0, 0.1) is 35.5 Å². The van der Waals surface area contributed by atoms with Crippen LogP contribution in [0.1, 0.15) is 144 Å². The van der Waals surface area contributed by atoms with Crippen molar-refractivity contribution in [3.63, 3.8) is 0 Å². The van der Waals surface area contributed by atoms with Crippen LogP contribution in [0.15, 0.2) is 9.98 Å². The Balaban J connectivity index is 0. The molecule has 10 heteroatoms. The second-order valence-corrected chi connectivity index (χ2v) is 14.4. The van der Waals surface area contributed by atoms with E-state index in [9.17, 15) is 0 Å². The molecule has 6 aliphatic rings. The molecule has 4 saturated carbocycles. The van der Waals surface area contributed by atoms with E-state index in [2.05, 4.69) is 110 Å². The molecule has 4 nitrogen and oxygen atoms in total. The van der Waals surface area contributed by atoms with E-state index < -0.39 is 0 Å². The zero-order valence-electron chi connectivity index (χ0n) is 28.0. The molecule has 4 fully saturated rings. The predicted molar refractivity (Wildman–Crippen MR) is 174 cm³/mol. The molecule has 2 heterocycles. The van der Waals surface area contributed by atoms with Gasteiger partial charge in [-0.2, -0.15) is 25.7 Å². The fraction of sp³-hybridized carbons (Fsp3) is 0.882. The molecule has 0 radical (unpaired) electrons. The molecule has 0 amide bonds. The molecule has 4 aliphatic carbocycles. The summed E-state index contributed by atoms with van der Waals surface area (Å²) in [5.74, 6) is 3.54. The molecule has 0 spiro atoms. The van der Waals surface area contributed by atoms with Crippen LogP contribution in [-0.2, 0) is 80.0 Å². The van der Waals surface area contributed by atoms with Crippen molar-refractivity contribution in [3.05, 3.63) is 12.8 Å². The van der Waals surface area contributed by atoms with Crippen molar-refractivity contribution < 1.29 is 80.0 Å². The minimum atomic E-state index is 0. The number of hydrogen-bond acceptors (Lipinski definition) is 4. The van der Waals surface area contributed by atoms with Crippen molar-refractivity contribution in [2.45, 2.75) is 156 Å². The minimum absolute atomic E-state index is 0. The van der Waals surface area contributed by atoms with Gasteiger partial charge in [0.1, 0.15) is 13.2 Å². The minimum Gasteiger partial charge on any atom is 2.00 e. The maximum Gasteiger partial charge on any atom is 2.00 e. The predicted octanol–water partition coefficient (Wildman–Crippen LogP) is 10.9. The molecule has 2 atom stereocenters. The molecule has 0 N–H and O–H groups in total. The second kappa shape index (κ2) is 27.7. The van der Waals surface area contributed by atoms with Gasteiger partial charge in [-0.25, -0.2) is 9.98 Å². The number of ether oxygens (including phenoxy) is 2. The Labute approximate surface area is 323 Å². The molecule has 0 bridgehead atoms. The third kappa shape index (κ3) is 19.8. The number of halogens is 2. The first-order chi connectivity index (χ1) is 20.1. The van der Waals surface area contributed by atoms with Crippen LogP contribution in [0.4, 0.5) is 0 Å². The SMILES string of the molecule is CC(C)(C)C1=N[C@H](C2CCCC2)CO1.CC(C)(C)C1=N[C@H](C2CCCC2)CO1.[CH-]1CCCC1.[CH-]1CCCC1.[Cl][Pd+].[Cl][Pd+].[Fe+2].[Fe+2]. The van der Waals surface area contributed by atoms with Gasteiger partial charge in [-0.05, 0) is 37.5 Å². The van der Waals surface area contributed by atoms with Crippen LogP contribution in [0.3, 0.4) is 0 Å². The molecule has 264 valence electrons. The zero-order valence-corrected chi connectivity index (χ0v) is 34.8. The molecule has 2 aliphatic heterocycles. The molecule has 0 aromatic heterocycles. The standard InChI is InChI=1S/2C12H21NO.2C5H9.2ClH.2Fe.2Pd/c2*1-12(2,3)11-13-10(8-14-11)9-6-4-5-7-9;2*1-2-4-5-3-1;;;;;;/h2*9-10H,4-8H2,1-3H3;2*1H,2-5H2;2*1H;;;;/q;;2*-1;;;4*+2/p-2/t2*10-;;;;;;;;/m00......../s1. The maximum absolute atomic E-state index is 5.69. The Kier molecular flexibility index (Phi) is 30.2. The Bertz CT molecular complexity index is 667. The molecule has 6 rings (SSSR count). The number of hydrogen-bond donors (Lipinski definition) is 0. The fourth-order valence-corrected chi connectivity index (χ4v) is 6.21. The third-order valence-corrected chi connectivity index (χ3v) is 8.65.